The largest absolute Gasteiger partial charge is 0.417 e. The molecule has 3 rings (SSSR count). The Balaban J connectivity index is 2.40. The lowest BCUT2D eigenvalue weighted by Crippen LogP contribution is -2.34. The molecule has 1 nitrogen and oxygen atoms in total. The summed E-state index contributed by atoms with van der Waals surface area (Å²) in [6.45, 7) is 9.98. The maximum absolute atomic E-state index is 14.0. The number of aldehydes is 1. The highest BCUT2D eigenvalue weighted by Gasteiger charge is 2.42. The number of hydrogen-bond acceptors (Lipinski definition) is 1. The van der Waals surface area contributed by atoms with Crippen molar-refractivity contribution in [2.45, 2.75) is 64.5 Å². The summed E-state index contributed by atoms with van der Waals surface area (Å²) in [6.07, 6.45) is -2.03. The van der Waals surface area contributed by atoms with Gasteiger partial charge in [0.25, 0.3) is 0 Å². The quantitative estimate of drug-likeness (QED) is 0.526. The monoisotopic (exact) mass is 374 g/mol. The molecule has 0 aromatic heterocycles. The van der Waals surface area contributed by atoms with E-state index in [1.165, 1.54) is 6.07 Å². The summed E-state index contributed by atoms with van der Waals surface area (Å²) in [6, 6.07) is 7.95. The van der Waals surface area contributed by atoms with Crippen LogP contribution < -0.4 is 0 Å². The fourth-order valence-corrected chi connectivity index (χ4v) is 4.07. The van der Waals surface area contributed by atoms with Crippen LogP contribution in [0.3, 0.4) is 0 Å². The number of benzene rings is 2. The van der Waals surface area contributed by atoms with E-state index in [1.54, 1.807) is 31.2 Å². The molecule has 0 saturated heterocycles. The van der Waals surface area contributed by atoms with Gasteiger partial charge < -0.3 is 0 Å². The van der Waals surface area contributed by atoms with Crippen molar-refractivity contribution in [1.29, 1.82) is 0 Å². The lowest BCUT2D eigenvalue weighted by Gasteiger charge is -2.42. The maximum Gasteiger partial charge on any atom is 0.417 e. The van der Waals surface area contributed by atoms with Crippen molar-refractivity contribution >= 4 is 6.29 Å². The summed E-state index contributed by atoms with van der Waals surface area (Å²) in [5.74, 6) is 0. The van der Waals surface area contributed by atoms with Crippen LogP contribution >= 0.6 is 0 Å². The van der Waals surface area contributed by atoms with Crippen molar-refractivity contribution in [3.63, 3.8) is 0 Å². The average molecular weight is 374 g/mol. The molecule has 1 aliphatic carbocycles. The van der Waals surface area contributed by atoms with Crippen molar-refractivity contribution in [2.75, 3.05) is 0 Å². The predicted octanol–water partition coefficient (Wildman–Crippen LogP) is 6.84. The summed E-state index contributed by atoms with van der Waals surface area (Å²) in [4.78, 5) is 11.2. The van der Waals surface area contributed by atoms with E-state index in [0.29, 0.717) is 17.4 Å². The summed E-state index contributed by atoms with van der Waals surface area (Å²) in [7, 11) is 0. The smallest absolute Gasteiger partial charge is 0.298 e. The van der Waals surface area contributed by atoms with Crippen LogP contribution in [-0.4, -0.2) is 6.29 Å². The highest BCUT2D eigenvalue weighted by molar-refractivity contribution is 5.82. The molecule has 0 atom stereocenters. The van der Waals surface area contributed by atoms with Crippen molar-refractivity contribution in [3.05, 3.63) is 58.1 Å². The van der Waals surface area contributed by atoms with Gasteiger partial charge >= 0.3 is 6.18 Å². The van der Waals surface area contributed by atoms with Crippen molar-refractivity contribution in [2.24, 2.45) is 0 Å². The van der Waals surface area contributed by atoms with Crippen LogP contribution in [0.5, 0.6) is 0 Å². The zero-order valence-corrected chi connectivity index (χ0v) is 16.4. The molecule has 0 unspecified atom stereocenters. The second-order valence-electron chi connectivity index (χ2n) is 8.90. The molecule has 0 amide bonds. The first-order valence-corrected chi connectivity index (χ1v) is 9.19. The minimum Gasteiger partial charge on any atom is -0.298 e. The molecule has 0 N–H and O–H groups in total. The highest BCUT2D eigenvalue weighted by Crippen LogP contribution is 2.50. The minimum atomic E-state index is -4.47. The van der Waals surface area contributed by atoms with Gasteiger partial charge in [0.1, 0.15) is 6.29 Å². The molecule has 144 valence electrons. The van der Waals surface area contributed by atoms with Gasteiger partial charge in [0.2, 0.25) is 0 Å². The van der Waals surface area contributed by atoms with E-state index in [0.717, 1.165) is 29.5 Å². The fraction of sp³-hybridized carbons (Fsp3) is 0.435. The van der Waals surface area contributed by atoms with Gasteiger partial charge in [-0.25, -0.2) is 0 Å². The van der Waals surface area contributed by atoms with Crippen LogP contribution in [0.25, 0.3) is 11.1 Å². The average Bonchev–Trinajstić information content (AvgIpc) is 2.58. The topological polar surface area (TPSA) is 17.1 Å². The highest BCUT2D eigenvalue weighted by atomic mass is 19.4. The lowest BCUT2D eigenvalue weighted by molar-refractivity contribution is -0.137. The lowest BCUT2D eigenvalue weighted by atomic mass is 9.62. The molecule has 0 bridgehead atoms. The third kappa shape index (κ3) is 3.42. The molecule has 0 radical (unpaired) electrons. The summed E-state index contributed by atoms with van der Waals surface area (Å²) >= 11 is 0. The molecule has 1 aliphatic rings. The van der Waals surface area contributed by atoms with E-state index in [1.807, 2.05) is 13.8 Å². The van der Waals surface area contributed by atoms with Gasteiger partial charge in [-0.1, -0.05) is 39.8 Å². The fourth-order valence-electron chi connectivity index (χ4n) is 4.07. The molecular weight excluding hydrogens is 349 g/mol. The van der Waals surface area contributed by atoms with E-state index < -0.39 is 11.7 Å². The molecule has 2 aromatic carbocycles. The molecule has 0 aliphatic heterocycles. The van der Waals surface area contributed by atoms with Gasteiger partial charge in [0.05, 0.1) is 5.56 Å². The molecular formula is C23H25F3O. The van der Waals surface area contributed by atoms with Gasteiger partial charge in [0.15, 0.2) is 0 Å². The SMILES string of the molecule is Cc1ccc(C=O)cc1-c1cc2c(cc1C(F)(F)F)C(C)(C)CCC2(C)C. The maximum atomic E-state index is 14.0. The Labute approximate surface area is 158 Å². The van der Waals surface area contributed by atoms with E-state index in [4.69, 9.17) is 0 Å². The summed E-state index contributed by atoms with van der Waals surface area (Å²) in [5, 5.41) is 0. The van der Waals surface area contributed by atoms with E-state index in [9.17, 15) is 18.0 Å². The number of halogens is 3. The number of hydrogen-bond donors (Lipinski definition) is 0. The van der Waals surface area contributed by atoms with E-state index in [-0.39, 0.29) is 16.4 Å². The van der Waals surface area contributed by atoms with Gasteiger partial charge in [-0.15, -0.1) is 0 Å². The van der Waals surface area contributed by atoms with Crippen LogP contribution in [0.1, 0.15) is 73.1 Å². The number of rotatable bonds is 2. The normalized spacial score (nSPS) is 18.1. The number of carbonyl (C=O) groups excluding carboxylic acids is 1. The molecule has 27 heavy (non-hydrogen) atoms. The summed E-state index contributed by atoms with van der Waals surface area (Å²) in [5.41, 5.74) is 2.35. The summed E-state index contributed by atoms with van der Waals surface area (Å²) < 4.78 is 42.0. The standard InChI is InChI=1S/C23H25F3O/c1-14-6-7-15(13-27)10-16(14)17-11-19-20(12-18(17)23(24,25)26)22(4,5)9-8-21(19,2)3/h6-7,10-13H,8-9H2,1-5H3. The first-order chi connectivity index (χ1) is 12.4. The molecule has 2 aromatic rings. The van der Waals surface area contributed by atoms with Gasteiger partial charge in [-0.3, -0.25) is 4.79 Å². The van der Waals surface area contributed by atoms with Crippen LogP contribution in [0.2, 0.25) is 0 Å². The van der Waals surface area contributed by atoms with E-state index >= 15 is 0 Å². The number of aryl methyl sites for hydroxylation is 1. The van der Waals surface area contributed by atoms with Crippen molar-refractivity contribution in [3.8, 4) is 11.1 Å². The van der Waals surface area contributed by atoms with Gasteiger partial charge in [0, 0.05) is 5.56 Å². The Morgan fingerprint density at radius 1 is 0.889 bits per heavy atom. The molecule has 0 saturated carbocycles. The van der Waals surface area contributed by atoms with Crippen LogP contribution in [-0.2, 0) is 17.0 Å². The number of alkyl halides is 3. The molecule has 0 spiro atoms. The molecule has 0 heterocycles. The number of carbonyl (C=O) groups is 1. The first-order valence-electron chi connectivity index (χ1n) is 9.19. The predicted molar refractivity (Wildman–Crippen MR) is 102 cm³/mol. The third-order valence-electron chi connectivity index (χ3n) is 5.98. The van der Waals surface area contributed by atoms with E-state index in [2.05, 4.69) is 13.8 Å². The number of fused-ring (bicyclic) bond motifs is 1. The molecule has 0 fully saturated rings. The Bertz CT molecular complexity index is 905. The van der Waals surface area contributed by atoms with Crippen LogP contribution in [0.4, 0.5) is 13.2 Å². The minimum absolute atomic E-state index is 0.160. The zero-order chi connectivity index (χ0) is 20.2. The van der Waals surface area contributed by atoms with Crippen LogP contribution in [0.15, 0.2) is 30.3 Å². The van der Waals surface area contributed by atoms with Gasteiger partial charge in [-0.2, -0.15) is 13.2 Å². The second kappa shape index (κ2) is 6.22. The van der Waals surface area contributed by atoms with Crippen molar-refractivity contribution in [1.82, 2.24) is 0 Å². The second-order valence-corrected chi connectivity index (χ2v) is 8.90. The van der Waals surface area contributed by atoms with Gasteiger partial charge in [-0.05, 0) is 76.6 Å². The zero-order valence-electron chi connectivity index (χ0n) is 16.4. The Hall–Kier alpha value is -2.10. The Kier molecular flexibility index (Phi) is 4.53. The first kappa shape index (κ1) is 19.7. The molecule has 4 heteroatoms. The Morgan fingerprint density at radius 2 is 1.44 bits per heavy atom. The third-order valence-corrected chi connectivity index (χ3v) is 5.98. The van der Waals surface area contributed by atoms with Crippen molar-refractivity contribution < 1.29 is 18.0 Å². The van der Waals surface area contributed by atoms with Crippen LogP contribution in [0, 0.1) is 6.92 Å². The Morgan fingerprint density at radius 3 is 1.96 bits per heavy atom.